The first-order valence-electron chi connectivity index (χ1n) is 14.0. The fourth-order valence-electron chi connectivity index (χ4n) is 8.75. The number of hydrogen-bond acceptors (Lipinski definition) is 0. The highest BCUT2D eigenvalue weighted by molar-refractivity contribution is 6.14. The lowest BCUT2D eigenvalue weighted by atomic mass is 9.80. The van der Waals surface area contributed by atoms with Crippen LogP contribution in [0.5, 0.6) is 0 Å². The molecule has 174 valence electrons. The first kappa shape index (κ1) is 18.8. The van der Waals surface area contributed by atoms with Crippen LogP contribution in [-0.2, 0) is 25.7 Å². The zero-order chi connectivity index (χ0) is 24.3. The van der Waals surface area contributed by atoms with Gasteiger partial charge in [-0.25, -0.2) is 0 Å². The molecular formula is C38H22. The van der Waals surface area contributed by atoms with Gasteiger partial charge >= 0.3 is 0 Å². The third-order valence-corrected chi connectivity index (χ3v) is 10.2. The molecule has 0 aliphatic heterocycles. The molecule has 38 heavy (non-hydrogen) atoms. The van der Waals surface area contributed by atoms with Crippen molar-refractivity contribution in [3.63, 3.8) is 0 Å². The Kier molecular flexibility index (Phi) is 2.96. The van der Waals surface area contributed by atoms with Gasteiger partial charge in [0, 0.05) is 0 Å². The molecule has 0 unspecified atom stereocenters. The minimum Gasteiger partial charge on any atom is -0.0616 e. The Morgan fingerprint density at radius 2 is 0.816 bits per heavy atom. The van der Waals surface area contributed by atoms with Gasteiger partial charge in [0.2, 0.25) is 0 Å². The SMILES string of the molecule is c1ccc2cc(-c3cc4c5c6c3Cc3ccc7c(c3-6)-c3c(ccc6c3-c3c(ccc(c3-5)C4)C6)C7)ccc2c1. The number of rotatable bonds is 1. The predicted molar refractivity (Wildman–Crippen MR) is 156 cm³/mol. The maximum absolute atomic E-state index is 2.56. The first-order chi connectivity index (χ1) is 18.8. The second kappa shape index (κ2) is 6.00. The van der Waals surface area contributed by atoms with Gasteiger partial charge in [0.1, 0.15) is 0 Å². The standard InChI is InChI=1S/C38H22/c1-2-4-20-13-21(6-5-19(20)3-1)29-18-28-16-26-10-9-24-14-22-7-8-23-15-25-11-12-27-17-30(29)38-36(27)34(25)32(23)31(22)33(24)35(26)37(28)38/h1-13,18H,14-17H2. The second-order valence-electron chi connectivity index (χ2n) is 12.0. The van der Waals surface area contributed by atoms with E-state index in [9.17, 15) is 0 Å². The minimum absolute atomic E-state index is 1.03. The molecule has 0 aromatic heterocycles. The van der Waals surface area contributed by atoms with Crippen LogP contribution in [-0.4, -0.2) is 0 Å². The van der Waals surface area contributed by atoms with Gasteiger partial charge in [-0.05, 0) is 149 Å². The van der Waals surface area contributed by atoms with Gasteiger partial charge in [-0.1, -0.05) is 72.8 Å². The van der Waals surface area contributed by atoms with Gasteiger partial charge in [0.25, 0.3) is 0 Å². The molecule has 0 bridgehead atoms. The normalized spacial score (nSPS) is 14.9. The van der Waals surface area contributed by atoms with Crippen LogP contribution >= 0.6 is 0 Å². The van der Waals surface area contributed by atoms with E-state index in [1.54, 1.807) is 50.1 Å². The lowest BCUT2D eigenvalue weighted by Gasteiger charge is -2.23. The molecule has 0 heterocycles. The Morgan fingerprint density at radius 1 is 0.342 bits per heavy atom. The molecular weight excluding hydrogens is 456 g/mol. The summed E-state index contributed by atoms with van der Waals surface area (Å²) in [5, 5.41) is 2.64. The third-order valence-electron chi connectivity index (χ3n) is 10.2. The van der Waals surface area contributed by atoms with E-state index in [0.29, 0.717) is 0 Å². The molecule has 0 nitrogen and oxygen atoms in total. The molecule has 0 radical (unpaired) electrons. The zero-order valence-corrected chi connectivity index (χ0v) is 20.9. The van der Waals surface area contributed by atoms with Gasteiger partial charge in [-0.3, -0.25) is 0 Å². The molecule has 11 rings (SSSR count). The van der Waals surface area contributed by atoms with Crippen LogP contribution in [0.1, 0.15) is 44.5 Å². The average Bonchev–Trinajstić information content (AvgIpc) is 3.68. The molecule has 0 amide bonds. The molecule has 5 aliphatic rings. The summed E-state index contributed by atoms with van der Waals surface area (Å²) in [6, 6.07) is 33.0. The molecule has 0 heteroatoms. The Labute approximate surface area is 221 Å². The van der Waals surface area contributed by atoms with Gasteiger partial charge in [0.15, 0.2) is 0 Å². The smallest absolute Gasteiger partial charge is 0.000682 e. The van der Waals surface area contributed by atoms with Crippen molar-refractivity contribution in [3.8, 4) is 55.6 Å². The van der Waals surface area contributed by atoms with Crippen molar-refractivity contribution in [2.75, 3.05) is 0 Å². The Bertz CT molecular complexity index is 2170. The number of benzene rings is 6. The van der Waals surface area contributed by atoms with E-state index in [-0.39, 0.29) is 0 Å². The molecule has 6 aromatic carbocycles. The van der Waals surface area contributed by atoms with Crippen LogP contribution in [0.4, 0.5) is 0 Å². The van der Waals surface area contributed by atoms with Crippen LogP contribution in [0, 0.1) is 0 Å². The highest BCUT2D eigenvalue weighted by Crippen LogP contribution is 2.63. The molecule has 0 saturated carbocycles. The third kappa shape index (κ3) is 1.97. The minimum atomic E-state index is 1.03. The van der Waals surface area contributed by atoms with Crippen LogP contribution in [0.25, 0.3) is 66.4 Å². The lowest BCUT2D eigenvalue weighted by Crippen LogP contribution is -1.98. The van der Waals surface area contributed by atoms with Crippen molar-refractivity contribution >= 4 is 10.8 Å². The molecule has 0 spiro atoms. The zero-order valence-electron chi connectivity index (χ0n) is 20.9. The van der Waals surface area contributed by atoms with Gasteiger partial charge in [-0.2, -0.15) is 0 Å². The fourth-order valence-corrected chi connectivity index (χ4v) is 8.75. The molecule has 0 N–H and O–H groups in total. The van der Waals surface area contributed by atoms with Crippen molar-refractivity contribution in [3.05, 3.63) is 129 Å². The summed E-state index contributed by atoms with van der Waals surface area (Å²) < 4.78 is 0. The topological polar surface area (TPSA) is 0 Å². The first-order valence-corrected chi connectivity index (χ1v) is 14.0. The summed E-state index contributed by atoms with van der Waals surface area (Å²) in [7, 11) is 0. The number of fused-ring (bicyclic) bond motifs is 1. The van der Waals surface area contributed by atoms with Crippen molar-refractivity contribution in [1.29, 1.82) is 0 Å². The van der Waals surface area contributed by atoms with E-state index < -0.39 is 0 Å². The molecule has 0 saturated heterocycles. The van der Waals surface area contributed by atoms with E-state index in [4.69, 9.17) is 0 Å². The summed E-state index contributed by atoms with van der Waals surface area (Å²) in [5.74, 6) is 0. The van der Waals surface area contributed by atoms with Crippen LogP contribution in [0.15, 0.2) is 84.9 Å². The van der Waals surface area contributed by atoms with Gasteiger partial charge in [0.05, 0.1) is 0 Å². The summed E-state index contributed by atoms with van der Waals surface area (Å²) in [6.45, 7) is 0. The summed E-state index contributed by atoms with van der Waals surface area (Å²) in [6.07, 6.45) is 4.21. The van der Waals surface area contributed by atoms with E-state index >= 15 is 0 Å². The van der Waals surface area contributed by atoms with Gasteiger partial charge in [-0.15, -0.1) is 0 Å². The average molecular weight is 479 g/mol. The summed E-state index contributed by atoms with van der Waals surface area (Å²) in [5.41, 5.74) is 27.5. The maximum atomic E-state index is 2.56. The maximum Gasteiger partial charge on any atom is -0.000682 e. The predicted octanol–water partition coefficient (Wildman–Crippen LogP) is 9.11. The van der Waals surface area contributed by atoms with E-state index in [2.05, 4.69) is 84.9 Å². The van der Waals surface area contributed by atoms with Gasteiger partial charge < -0.3 is 0 Å². The van der Waals surface area contributed by atoms with Crippen LogP contribution in [0.3, 0.4) is 0 Å². The van der Waals surface area contributed by atoms with E-state index in [0.717, 1.165) is 25.7 Å². The highest BCUT2D eigenvalue weighted by Gasteiger charge is 2.41. The largest absolute Gasteiger partial charge is 0.0616 e. The van der Waals surface area contributed by atoms with Crippen molar-refractivity contribution in [1.82, 2.24) is 0 Å². The van der Waals surface area contributed by atoms with Crippen LogP contribution in [0.2, 0.25) is 0 Å². The quantitative estimate of drug-likeness (QED) is 0.221. The van der Waals surface area contributed by atoms with Crippen molar-refractivity contribution in [2.45, 2.75) is 25.7 Å². The molecule has 0 atom stereocenters. The van der Waals surface area contributed by atoms with Crippen LogP contribution < -0.4 is 0 Å². The molecule has 6 aromatic rings. The summed E-state index contributed by atoms with van der Waals surface area (Å²) >= 11 is 0. The van der Waals surface area contributed by atoms with Crippen molar-refractivity contribution < 1.29 is 0 Å². The monoisotopic (exact) mass is 478 g/mol. The Morgan fingerprint density at radius 3 is 1.42 bits per heavy atom. The van der Waals surface area contributed by atoms with Crippen molar-refractivity contribution in [2.24, 2.45) is 0 Å². The summed E-state index contributed by atoms with van der Waals surface area (Å²) in [4.78, 5) is 0. The Balaban J connectivity index is 1.34. The van der Waals surface area contributed by atoms with E-state index in [1.165, 1.54) is 60.8 Å². The highest BCUT2D eigenvalue weighted by atomic mass is 14.4. The Hall–Kier alpha value is -4.42. The number of hydrogen-bond donors (Lipinski definition) is 0. The fraction of sp³-hybridized carbons (Fsp3) is 0.105. The molecule has 5 aliphatic carbocycles. The van der Waals surface area contributed by atoms with E-state index in [1.807, 2.05) is 0 Å². The second-order valence-corrected chi connectivity index (χ2v) is 12.0. The lowest BCUT2D eigenvalue weighted by molar-refractivity contribution is 1.21. The molecule has 0 fully saturated rings.